The van der Waals surface area contributed by atoms with Crippen LogP contribution in [0.25, 0.3) is 11.4 Å². The van der Waals surface area contributed by atoms with Gasteiger partial charge < -0.3 is 10.5 Å². The normalized spacial score (nSPS) is 9.88. The van der Waals surface area contributed by atoms with E-state index in [0.717, 1.165) is 5.69 Å². The van der Waals surface area contributed by atoms with Gasteiger partial charge in [-0.05, 0) is 12.1 Å². The Morgan fingerprint density at radius 1 is 1.18 bits per heavy atom. The predicted molar refractivity (Wildman–Crippen MR) is 60.0 cm³/mol. The first-order valence-electron chi connectivity index (χ1n) is 4.90. The predicted octanol–water partition coefficient (Wildman–Crippen LogP) is 0.403. The van der Waals surface area contributed by atoms with Crippen molar-refractivity contribution < 1.29 is 9.53 Å². The minimum atomic E-state index is -0.555. The van der Waals surface area contributed by atoms with Gasteiger partial charge in [0, 0.05) is 6.20 Å². The van der Waals surface area contributed by atoms with Crippen LogP contribution in [0, 0.1) is 0 Å². The molecule has 2 N–H and O–H groups in total. The van der Waals surface area contributed by atoms with Gasteiger partial charge in [-0.25, -0.2) is 9.97 Å². The zero-order valence-electron chi connectivity index (χ0n) is 8.91. The lowest BCUT2D eigenvalue weighted by molar-refractivity contribution is -0.120. The van der Waals surface area contributed by atoms with Gasteiger partial charge in [0.15, 0.2) is 6.61 Å². The van der Waals surface area contributed by atoms with Crippen molar-refractivity contribution in [3.63, 3.8) is 0 Å². The molecule has 2 rings (SSSR count). The summed E-state index contributed by atoms with van der Waals surface area (Å²) in [5, 5.41) is 0. The quantitative estimate of drug-likeness (QED) is 0.821. The maximum absolute atomic E-state index is 10.5. The number of rotatable bonds is 4. The zero-order valence-corrected chi connectivity index (χ0v) is 8.91. The number of pyridine rings is 1. The SMILES string of the molecule is NC(=O)COc1cnc(-c2ccccn2)cn1. The van der Waals surface area contributed by atoms with E-state index in [4.69, 9.17) is 10.5 Å². The van der Waals surface area contributed by atoms with Crippen LogP contribution in [0.5, 0.6) is 5.88 Å². The van der Waals surface area contributed by atoms with Crippen LogP contribution in [0.4, 0.5) is 0 Å². The molecule has 0 saturated carbocycles. The van der Waals surface area contributed by atoms with Crippen molar-refractivity contribution >= 4 is 5.91 Å². The summed E-state index contributed by atoms with van der Waals surface area (Å²) in [5.74, 6) is -0.302. The van der Waals surface area contributed by atoms with E-state index in [1.807, 2.05) is 18.2 Å². The third-order valence-corrected chi connectivity index (χ3v) is 1.92. The Morgan fingerprint density at radius 3 is 2.65 bits per heavy atom. The average Bonchev–Trinajstić information content (AvgIpc) is 2.38. The number of nitrogens with two attached hydrogens (primary N) is 1. The molecular weight excluding hydrogens is 220 g/mol. The van der Waals surface area contributed by atoms with Crippen LogP contribution in [0.3, 0.4) is 0 Å². The molecule has 0 fully saturated rings. The largest absolute Gasteiger partial charge is 0.466 e. The second-order valence-corrected chi connectivity index (χ2v) is 3.21. The summed E-state index contributed by atoms with van der Waals surface area (Å²) in [4.78, 5) is 22.8. The summed E-state index contributed by atoms with van der Waals surface area (Å²) in [6.07, 6.45) is 4.63. The van der Waals surface area contributed by atoms with Gasteiger partial charge in [0.1, 0.15) is 5.69 Å². The molecule has 17 heavy (non-hydrogen) atoms. The van der Waals surface area contributed by atoms with Gasteiger partial charge in [0.05, 0.1) is 18.1 Å². The van der Waals surface area contributed by atoms with E-state index < -0.39 is 5.91 Å². The summed E-state index contributed by atoms with van der Waals surface area (Å²) in [6, 6.07) is 5.51. The Balaban J connectivity index is 2.11. The number of primary amides is 1. The molecule has 0 aliphatic carbocycles. The maximum atomic E-state index is 10.5. The van der Waals surface area contributed by atoms with Gasteiger partial charge >= 0.3 is 0 Å². The van der Waals surface area contributed by atoms with Crippen molar-refractivity contribution in [3.05, 3.63) is 36.8 Å². The average molecular weight is 230 g/mol. The Morgan fingerprint density at radius 2 is 2.06 bits per heavy atom. The molecule has 6 heteroatoms. The standard InChI is InChI=1S/C11H10N4O2/c12-10(16)7-17-11-6-14-9(5-15-11)8-3-1-2-4-13-8/h1-6H,7H2,(H2,12,16). The lowest BCUT2D eigenvalue weighted by atomic mass is 10.3. The molecule has 86 valence electrons. The Labute approximate surface area is 97.5 Å². The first-order valence-corrected chi connectivity index (χ1v) is 4.90. The van der Waals surface area contributed by atoms with Gasteiger partial charge in [-0.2, -0.15) is 0 Å². The molecule has 0 aliphatic heterocycles. The summed E-state index contributed by atoms with van der Waals surface area (Å²) in [6.45, 7) is -0.211. The molecule has 0 saturated heterocycles. The molecule has 2 heterocycles. The highest BCUT2D eigenvalue weighted by Crippen LogP contribution is 2.13. The second kappa shape index (κ2) is 5.02. The minimum absolute atomic E-state index is 0.211. The highest BCUT2D eigenvalue weighted by Gasteiger charge is 2.03. The van der Waals surface area contributed by atoms with Crippen LogP contribution in [0.15, 0.2) is 36.8 Å². The van der Waals surface area contributed by atoms with Crippen LogP contribution >= 0.6 is 0 Å². The highest BCUT2D eigenvalue weighted by atomic mass is 16.5. The van der Waals surface area contributed by atoms with E-state index in [-0.39, 0.29) is 12.5 Å². The fraction of sp³-hybridized carbons (Fsp3) is 0.0909. The summed E-state index contributed by atoms with van der Waals surface area (Å²) in [7, 11) is 0. The Hall–Kier alpha value is -2.50. The van der Waals surface area contributed by atoms with Crippen molar-refractivity contribution in [2.75, 3.05) is 6.61 Å². The number of aromatic nitrogens is 3. The van der Waals surface area contributed by atoms with Crippen LogP contribution in [-0.4, -0.2) is 27.5 Å². The van der Waals surface area contributed by atoms with Crippen LogP contribution < -0.4 is 10.5 Å². The number of ether oxygens (including phenoxy) is 1. The fourth-order valence-electron chi connectivity index (χ4n) is 1.18. The first kappa shape index (κ1) is 11.0. The zero-order chi connectivity index (χ0) is 12.1. The topological polar surface area (TPSA) is 91.0 Å². The molecule has 0 spiro atoms. The molecule has 0 unspecified atom stereocenters. The molecule has 0 aliphatic rings. The molecule has 2 aromatic rings. The number of amides is 1. The number of carbonyl (C=O) groups excluding carboxylic acids is 1. The van der Waals surface area contributed by atoms with E-state index in [1.165, 1.54) is 12.4 Å². The summed E-state index contributed by atoms with van der Waals surface area (Å²) < 4.78 is 4.99. The van der Waals surface area contributed by atoms with Gasteiger partial charge in [-0.1, -0.05) is 6.07 Å². The van der Waals surface area contributed by atoms with Gasteiger partial charge in [0.2, 0.25) is 5.88 Å². The third kappa shape index (κ3) is 2.97. The van der Waals surface area contributed by atoms with Crippen LogP contribution in [-0.2, 0) is 4.79 Å². The smallest absolute Gasteiger partial charge is 0.255 e. The third-order valence-electron chi connectivity index (χ3n) is 1.92. The van der Waals surface area contributed by atoms with Gasteiger partial charge in [-0.15, -0.1) is 0 Å². The van der Waals surface area contributed by atoms with E-state index >= 15 is 0 Å². The minimum Gasteiger partial charge on any atom is -0.466 e. The lowest BCUT2D eigenvalue weighted by Gasteiger charge is -2.03. The van der Waals surface area contributed by atoms with Crippen molar-refractivity contribution in [2.45, 2.75) is 0 Å². The number of nitrogens with zero attached hydrogens (tertiary/aromatic N) is 3. The maximum Gasteiger partial charge on any atom is 0.255 e. The first-order chi connectivity index (χ1) is 8.25. The van der Waals surface area contributed by atoms with Gasteiger partial charge in [-0.3, -0.25) is 9.78 Å². The molecule has 0 atom stereocenters. The Bertz CT molecular complexity index is 499. The molecule has 1 amide bonds. The van der Waals surface area contributed by atoms with Crippen molar-refractivity contribution in [2.24, 2.45) is 5.73 Å². The van der Waals surface area contributed by atoms with Crippen LogP contribution in [0.1, 0.15) is 0 Å². The highest BCUT2D eigenvalue weighted by molar-refractivity contribution is 5.75. The second-order valence-electron chi connectivity index (χ2n) is 3.21. The molecule has 0 aromatic carbocycles. The van der Waals surface area contributed by atoms with E-state index in [1.54, 1.807) is 6.20 Å². The van der Waals surface area contributed by atoms with Crippen molar-refractivity contribution in [1.82, 2.24) is 15.0 Å². The van der Waals surface area contributed by atoms with Gasteiger partial charge in [0.25, 0.3) is 5.91 Å². The fourth-order valence-corrected chi connectivity index (χ4v) is 1.18. The van der Waals surface area contributed by atoms with E-state index in [0.29, 0.717) is 5.69 Å². The molecule has 0 radical (unpaired) electrons. The van der Waals surface area contributed by atoms with Crippen molar-refractivity contribution in [1.29, 1.82) is 0 Å². The number of hydrogen-bond donors (Lipinski definition) is 1. The number of hydrogen-bond acceptors (Lipinski definition) is 5. The lowest BCUT2D eigenvalue weighted by Crippen LogP contribution is -2.20. The van der Waals surface area contributed by atoms with Crippen LogP contribution in [0.2, 0.25) is 0 Å². The van der Waals surface area contributed by atoms with E-state index in [9.17, 15) is 4.79 Å². The van der Waals surface area contributed by atoms with E-state index in [2.05, 4.69) is 15.0 Å². The molecule has 0 bridgehead atoms. The van der Waals surface area contributed by atoms with Crippen molar-refractivity contribution in [3.8, 4) is 17.3 Å². The molecule has 2 aromatic heterocycles. The summed E-state index contributed by atoms with van der Waals surface area (Å²) in [5.41, 5.74) is 6.30. The summed E-state index contributed by atoms with van der Waals surface area (Å²) >= 11 is 0. The molecular formula is C11H10N4O2. The Kier molecular flexibility index (Phi) is 3.25. The molecule has 6 nitrogen and oxygen atoms in total. The number of carbonyl (C=O) groups is 1. The monoisotopic (exact) mass is 230 g/mol.